The van der Waals surface area contributed by atoms with Gasteiger partial charge in [0.1, 0.15) is 0 Å². The molecule has 0 spiro atoms. The van der Waals surface area contributed by atoms with Gasteiger partial charge in [0.15, 0.2) is 0 Å². The van der Waals surface area contributed by atoms with Crippen molar-refractivity contribution >= 4 is 0 Å². The first-order chi connectivity index (χ1) is 7.33. The fourth-order valence-corrected chi connectivity index (χ4v) is 4.03. The number of fused-ring (bicyclic) bond motifs is 2. The fraction of sp³-hybridized carbons (Fsp3) is 1.00. The Kier molecular flexibility index (Phi) is 2.73. The molecule has 3 saturated carbocycles. The summed E-state index contributed by atoms with van der Waals surface area (Å²) in [6, 6.07) is 1.14. The number of hydrogen-bond donors (Lipinski definition) is 2. The first-order valence-electron chi connectivity index (χ1n) is 6.77. The second-order valence-corrected chi connectivity index (χ2v) is 5.91. The summed E-state index contributed by atoms with van der Waals surface area (Å²) in [5.74, 6) is 1.94. The van der Waals surface area contributed by atoms with E-state index in [0.717, 1.165) is 24.3 Å². The molecule has 3 aliphatic rings. The highest BCUT2D eigenvalue weighted by Crippen LogP contribution is 2.44. The Morgan fingerprint density at radius 3 is 2.40 bits per heavy atom. The highest BCUT2D eigenvalue weighted by atomic mass is 16.3. The van der Waals surface area contributed by atoms with Crippen molar-refractivity contribution in [3.8, 4) is 0 Å². The van der Waals surface area contributed by atoms with Crippen LogP contribution in [0.1, 0.15) is 51.4 Å². The predicted octanol–water partition coefficient (Wildman–Crippen LogP) is 2.07. The first kappa shape index (κ1) is 10.1. The van der Waals surface area contributed by atoms with Crippen molar-refractivity contribution in [1.29, 1.82) is 0 Å². The largest absolute Gasteiger partial charge is 0.392 e. The van der Waals surface area contributed by atoms with Gasteiger partial charge in [-0.15, -0.1) is 0 Å². The molecular weight excluding hydrogens is 186 g/mol. The van der Waals surface area contributed by atoms with E-state index >= 15 is 0 Å². The van der Waals surface area contributed by atoms with Crippen molar-refractivity contribution in [3.05, 3.63) is 0 Å². The standard InChI is InChI=1S/C13H23NO/c15-13-4-2-1-3-11(13)14-12-8-9-5-6-10(12)7-9/h9-15H,1-8H2/t9-,10-,11-,12+,13+/m0/s1. The van der Waals surface area contributed by atoms with E-state index in [0.29, 0.717) is 6.04 Å². The quantitative estimate of drug-likeness (QED) is 0.729. The highest BCUT2D eigenvalue weighted by Gasteiger charge is 2.40. The molecule has 3 fully saturated rings. The van der Waals surface area contributed by atoms with Gasteiger partial charge in [0, 0.05) is 12.1 Å². The summed E-state index contributed by atoms with van der Waals surface area (Å²) >= 11 is 0. The molecule has 0 unspecified atom stereocenters. The molecule has 2 nitrogen and oxygen atoms in total. The van der Waals surface area contributed by atoms with Crippen LogP contribution in [0.3, 0.4) is 0 Å². The molecule has 2 N–H and O–H groups in total. The highest BCUT2D eigenvalue weighted by molar-refractivity contribution is 4.96. The first-order valence-corrected chi connectivity index (χ1v) is 6.77. The van der Waals surface area contributed by atoms with Gasteiger partial charge in [-0.1, -0.05) is 19.3 Å². The SMILES string of the molecule is O[C@@H]1CCCC[C@@H]1N[C@@H]1C[C@H]2CC[C@H]1C2. The average molecular weight is 209 g/mol. The van der Waals surface area contributed by atoms with Gasteiger partial charge in [0.2, 0.25) is 0 Å². The molecule has 86 valence electrons. The van der Waals surface area contributed by atoms with Crippen LogP contribution in [0.4, 0.5) is 0 Å². The minimum Gasteiger partial charge on any atom is -0.392 e. The maximum atomic E-state index is 9.94. The van der Waals surface area contributed by atoms with Gasteiger partial charge < -0.3 is 10.4 Å². The lowest BCUT2D eigenvalue weighted by Crippen LogP contribution is -2.48. The normalized spacial score (nSPS) is 49.8. The zero-order valence-corrected chi connectivity index (χ0v) is 9.49. The van der Waals surface area contributed by atoms with Crippen molar-refractivity contribution in [1.82, 2.24) is 5.32 Å². The molecular formula is C13H23NO. The Morgan fingerprint density at radius 1 is 0.867 bits per heavy atom. The summed E-state index contributed by atoms with van der Waals surface area (Å²) in [5.41, 5.74) is 0. The summed E-state index contributed by atoms with van der Waals surface area (Å²) in [5, 5.41) is 13.7. The third kappa shape index (κ3) is 1.94. The van der Waals surface area contributed by atoms with Gasteiger partial charge >= 0.3 is 0 Å². The minimum atomic E-state index is -0.0714. The Hall–Kier alpha value is -0.0800. The molecule has 0 aromatic heterocycles. The van der Waals surface area contributed by atoms with Crippen molar-refractivity contribution in [3.63, 3.8) is 0 Å². The Bertz CT molecular complexity index is 231. The van der Waals surface area contributed by atoms with Crippen LogP contribution >= 0.6 is 0 Å². The molecule has 15 heavy (non-hydrogen) atoms. The fourth-order valence-electron chi connectivity index (χ4n) is 4.03. The van der Waals surface area contributed by atoms with Crippen LogP contribution in [0.15, 0.2) is 0 Å². The van der Waals surface area contributed by atoms with Crippen molar-refractivity contribution in [2.75, 3.05) is 0 Å². The molecule has 0 aliphatic heterocycles. The summed E-state index contributed by atoms with van der Waals surface area (Å²) in [6.45, 7) is 0. The molecule has 0 heterocycles. The van der Waals surface area contributed by atoms with Crippen LogP contribution in [0, 0.1) is 11.8 Å². The van der Waals surface area contributed by atoms with Crippen LogP contribution < -0.4 is 5.32 Å². The van der Waals surface area contributed by atoms with Crippen molar-refractivity contribution in [2.45, 2.75) is 69.6 Å². The lowest BCUT2D eigenvalue weighted by atomic mass is 9.89. The van der Waals surface area contributed by atoms with Gasteiger partial charge in [-0.25, -0.2) is 0 Å². The zero-order chi connectivity index (χ0) is 10.3. The molecule has 0 amide bonds. The van der Waals surface area contributed by atoms with Crippen LogP contribution in [0.2, 0.25) is 0 Å². The van der Waals surface area contributed by atoms with E-state index in [-0.39, 0.29) is 6.10 Å². The van der Waals surface area contributed by atoms with Gasteiger partial charge in [0.05, 0.1) is 6.10 Å². The lowest BCUT2D eigenvalue weighted by molar-refractivity contribution is 0.0799. The van der Waals surface area contributed by atoms with Gasteiger partial charge in [-0.3, -0.25) is 0 Å². The molecule has 3 aliphatic carbocycles. The van der Waals surface area contributed by atoms with E-state index in [2.05, 4.69) is 5.32 Å². The Balaban J connectivity index is 1.56. The van der Waals surface area contributed by atoms with Crippen LogP contribution in [0.25, 0.3) is 0 Å². The maximum absolute atomic E-state index is 9.94. The molecule has 0 aromatic carbocycles. The Labute approximate surface area is 92.4 Å². The second kappa shape index (κ2) is 4.06. The summed E-state index contributed by atoms with van der Waals surface area (Å²) < 4.78 is 0. The molecule has 0 radical (unpaired) electrons. The van der Waals surface area contributed by atoms with E-state index in [1.165, 1.54) is 44.9 Å². The smallest absolute Gasteiger partial charge is 0.0693 e. The molecule has 3 rings (SSSR count). The number of nitrogens with one attached hydrogen (secondary N) is 1. The maximum Gasteiger partial charge on any atom is 0.0693 e. The number of aliphatic hydroxyl groups is 1. The summed E-state index contributed by atoms with van der Waals surface area (Å²) in [6.07, 6.45) is 10.4. The minimum absolute atomic E-state index is 0.0714. The molecule has 0 aromatic rings. The topological polar surface area (TPSA) is 32.3 Å². The lowest BCUT2D eigenvalue weighted by Gasteiger charge is -2.34. The van der Waals surface area contributed by atoms with E-state index in [4.69, 9.17) is 0 Å². The summed E-state index contributed by atoms with van der Waals surface area (Å²) in [4.78, 5) is 0. The molecule has 2 bridgehead atoms. The van der Waals surface area contributed by atoms with E-state index < -0.39 is 0 Å². The van der Waals surface area contributed by atoms with Crippen molar-refractivity contribution in [2.24, 2.45) is 11.8 Å². The summed E-state index contributed by atoms with van der Waals surface area (Å²) in [7, 11) is 0. The third-order valence-electron chi connectivity index (χ3n) is 4.90. The average Bonchev–Trinajstić information content (AvgIpc) is 2.83. The van der Waals surface area contributed by atoms with Crippen LogP contribution in [-0.2, 0) is 0 Å². The van der Waals surface area contributed by atoms with Gasteiger partial charge in [0.25, 0.3) is 0 Å². The van der Waals surface area contributed by atoms with Crippen LogP contribution in [0.5, 0.6) is 0 Å². The van der Waals surface area contributed by atoms with E-state index in [1.54, 1.807) is 0 Å². The zero-order valence-electron chi connectivity index (χ0n) is 9.49. The van der Waals surface area contributed by atoms with Crippen LogP contribution in [-0.4, -0.2) is 23.3 Å². The monoisotopic (exact) mass is 209 g/mol. The number of hydrogen-bond acceptors (Lipinski definition) is 2. The van der Waals surface area contributed by atoms with Crippen molar-refractivity contribution < 1.29 is 5.11 Å². The van der Waals surface area contributed by atoms with E-state index in [9.17, 15) is 5.11 Å². The molecule has 0 saturated heterocycles. The number of aliphatic hydroxyl groups excluding tert-OH is 1. The van der Waals surface area contributed by atoms with E-state index in [1.807, 2.05) is 0 Å². The third-order valence-corrected chi connectivity index (χ3v) is 4.90. The molecule has 2 heteroatoms. The number of rotatable bonds is 2. The predicted molar refractivity (Wildman–Crippen MR) is 60.6 cm³/mol. The van der Waals surface area contributed by atoms with Gasteiger partial charge in [-0.2, -0.15) is 0 Å². The molecule has 5 atom stereocenters. The second-order valence-electron chi connectivity index (χ2n) is 5.91. The Morgan fingerprint density at radius 2 is 1.73 bits per heavy atom. The van der Waals surface area contributed by atoms with Gasteiger partial charge in [-0.05, 0) is 43.9 Å².